The molecule has 0 bridgehead atoms. The van der Waals surface area contributed by atoms with Crippen LogP contribution in [0.4, 0.5) is 0 Å². The van der Waals surface area contributed by atoms with Crippen LogP contribution in [0.25, 0.3) is 0 Å². The first-order valence-corrected chi connectivity index (χ1v) is 10.2. The van der Waals surface area contributed by atoms with Gasteiger partial charge in [-0.05, 0) is 43.4 Å². The standard InChI is InChI=1S/C20H22ClN5OS/c1-26(2)18(16-5-3-4-6-17(16)21)11-22-19(27)15-9-7-14(8-10-15)12-28-20-23-13-24-25-20/h3-10,13,18H,11-12H2,1-2H3,(H,22,27)(H,23,24,25)/t18-/m0/s1. The number of aromatic nitrogens is 3. The third-order valence-electron chi connectivity index (χ3n) is 4.33. The zero-order valence-electron chi connectivity index (χ0n) is 15.7. The van der Waals surface area contributed by atoms with Crippen LogP contribution in [0.15, 0.2) is 60.0 Å². The maximum atomic E-state index is 12.6. The van der Waals surface area contributed by atoms with E-state index in [2.05, 4.69) is 20.5 Å². The maximum absolute atomic E-state index is 12.6. The number of carbonyl (C=O) groups excluding carboxylic acids is 1. The fourth-order valence-corrected chi connectivity index (χ4v) is 3.77. The van der Waals surface area contributed by atoms with Gasteiger partial charge in [0.25, 0.3) is 5.91 Å². The third-order valence-corrected chi connectivity index (χ3v) is 5.62. The van der Waals surface area contributed by atoms with Crippen molar-refractivity contribution in [3.8, 4) is 0 Å². The zero-order chi connectivity index (χ0) is 19.9. The molecule has 3 aromatic rings. The lowest BCUT2D eigenvalue weighted by Crippen LogP contribution is -2.34. The van der Waals surface area contributed by atoms with Gasteiger partial charge in [0.15, 0.2) is 5.16 Å². The second-order valence-electron chi connectivity index (χ2n) is 6.49. The van der Waals surface area contributed by atoms with Gasteiger partial charge in [0.1, 0.15) is 6.33 Å². The van der Waals surface area contributed by atoms with E-state index < -0.39 is 0 Å². The number of nitrogens with zero attached hydrogens (tertiary/aromatic N) is 3. The molecule has 1 atom stereocenters. The summed E-state index contributed by atoms with van der Waals surface area (Å²) in [4.78, 5) is 18.7. The summed E-state index contributed by atoms with van der Waals surface area (Å²) >= 11 is 7.89. The number of hydrogen-bond donors (Lipinski definition) is 2. The Balaban J connectivity index is 1.58. The summed E-state index contributed by atoms with van der Waals surface area (Å²) in [7, 11) is 3.95. The van der Waals surface area contributed by atoms with E-state index in [0.717, 1.165) is 22.0 Å². The quantitative estimate of drug-likeness (QED) is 0.547. The lowest BCUT2D eigenvalue weighted by Gasteiger charge is -2.26. The second-order valence-corrected chi connectivity index (χ2v) is 7.86. The van der Waals surface area contributed by atoms with Gasteiger partial charge in [-0.2, -0.15) is 5.10 Å². The highest BCUT2D eigenvalue weighted by Crippen LogP contribution is 2.25. The number of amides is 1. The van der Waals surface area contributed by atoms with Crippen molar-refractivity contribution in [3.05, 3.63) is 76.6 Å². The molecule has 6 nitrogen and oxygen atoms in total. The van der Waals surface area contributed by atoms with Crippen LogP contribution in [0.3, 0.4) is 0 Å². The van der Waals surface area contributed by atoms with E-state index >= 15 is 0 Å². The topological polar surface area (TPSA) is 73.9 Å². The Morgan fingerprint density at radius 1 is 1.21 bits per heavy atom. The van der Waals surface area contributed by atoms with Crippen molar-refractivity contribution in [2.75, 3.05) is 20.6 Å². The van der Waals surface area contributed by atoms with Crippen molar-refractivity contribution in [1.29, 1.82) is 0 Å². The number of carbonyl (C=O) groups is 1. The number of halogens is 1. The fourth-order valence-electron chi connectivity index (χ4n) is 2.78. The number of thioether (sulfide) groups is 1. The average molecular weight is 416 g/mol. The van der Waals surface area contributed by atoms with Crippen LogP contribution in [0, 0.1) is 0 Å². The van der Waals surface area contributed by atoms with Gasteiger partial charge in [-0.25, -0.2) is 4.98 Å². The van der Waals surface area contributed by atoms with E-state index in [4.69, 9.17) is 11.6 Å². The van der Waals surface area contributed by atoms with Gasteiger partial charge < -0.3 is 10.2 Å². The Morgan fingerprint density at radius 3 is 2.61 bits per heavy atom. The van der Waals surface area contributed by atoms with Gasteiger partial charge in [0.2, 0.25) is 0 Å². The number of H-pyrrole nitrogens is 1. The molecule has 0 saturated carbocycles. The van der Waals surface area contributed by atoms with E-state index in [0.29, 0.717) is 17.1 Å². The maximum Gasteiger partial charge on any atom is 0.251 e. The van der Waals surface area contributed by atoms with Crippen molar-refractivity contribution in [2.24, 2.45) is 0 Å². The number of nitrogens with one attached hydrogen (secondary N) is 2. The summed E-state index contributed by atoms with van der Waals surface area (Å²) in [6, 6.07) is 15.3. The smallest absolute Gasteiger partial charge is 0.251 e. The van der Waals surface area contributed by atoms with E-state index in [1.807, 2.05) is 67.5 Å². The molecule has 0 aliphatic carbocycles. The first-order valence-electron chi connectivity index (χ1n) is 8.80. The van der Waals surface area contributed by atoms with E-state index in [-0.39, 0.29) is 11.9 Å². The highest BCUT2D eigenvalue weighted by Gasteiger charge is 2.18. The molecule has 146 valence electrons. The molecule has 1 heterocycles. The van der Waals surface area contributed by atoms with Gasteiger partial charge in [-0.3, -0.25) is 9.89 Å². The van der Waals surface area contributed by atoms with Crippen molar-refractivity contribution in [2.45, 2.75) is 17.0 Å². The SMILES string of the molecule is CN(C)[C@@H](CNC(=O)c1ccc(CSc2ncn[nH]2)cc1)c1ccccc1Cl. The predicted octanol–water partition coefficient (Wildman–Crippen LogP) is 3.78. The summed E-state index contributed by atoms with van der Waals surface area (Å²) < 4.78 is 0. The lowest BCUT2D eigenvalue weighted by atomic mass is 10.1. The molecule has 28 heavy (non-hydrogen) atoms. The van der Waals surface area contributed by atoms with Gasteiger partial charge >= 0.3 is 0 Å². The highest BCUT2D eigenvalue weighted by molar-refractivity contribution is 7.98. The number of hydrogen-bond acceptors (Lipinski definition) is 5. The monoisotopic (exact) mass is 415 g/mol. The Hall–Kier alpha value is -2.35. The molecular formula is C20H22ClN5OS. The van der Waals surface area contributed by atoms with Crippen LogP contribution in [-0.2, 0) is 5.75 Å². The van der Waals surface area contributed by atoms with Crippen LogP contribution in [0.5, 0.6) is 0 Å². The van der Waals surface area contributed by atoms with E-state index in [1.165, 1.54) is 6.33 Å². The van der Waals surface area contributed by atoms with Crippen molar-refractivity contribution >= 4 is 29.3 Å². The molecule has 0 aliphatic heterocycles. The molecule has 0 unspecified atom stereocenters. The van der Waals surface area contributed by atoms with Gasteiger partial charge in [0, 0.05) is 22.9 Å². The summed E-state index contributed by atoms with van der Waals surface area (Å²) in [5.41, 5.74) is 2.74. The molecule has 0 saturated heterocycles. The first kappa shape index (κ1) is 20.4. The number of aromatic amines is 1. The van der Waals surface area contributed by atoms with Gasteiger partial charge in [0.05, 0.1) is 6.04 Å². The van der Waals surface area contributed by atoms with Crippen LogP contribution in [-0.4, -0.2) is 46.6 Å². The number of likely N-dealkylation sites (N-methyl/N-ethyl adjacent to an activating group) is 1. The minimum Gasteiger partial charge on any atom is -0.350 e. The molecule has 1 aromatic heterocycles. The highest BCUT2D eigenvalue weighted by atomic mass is 35.5. The molecule has 8 heteroatoms. The van der Waals surface area contributed by atoms with Crippen LogP contribution >= 0.6 is 23.4 Å². The Labute approximate surface area is 173 Å². The molecule has 0 radical (unpaired) electrons. The van der Waals surface area contributed by atoms with Crippen molar-refractivity contribution in [3.63, 3.8) is 0 Å². The van der Waals surface area contributed by atoms with Gasteiger partial charge in [-0.15, -0.1) is 0 Å². The fraction of sp³-hybridized carbons (Fsp3) is 0.250. The van der Waals surface area contributed by atoms with Crippen molar-refractivity contribution < 1.29 is 4.79 Å². The minimum absolute atomic E-state index is 0.00442. The molecular weight excluding hydrogens is 394 g/mol. The molecule has 0 aliphatic rings. The molecule has 3 rings (SSSR count). The summed E-state index contributed by atoms with van der Waals surface area (Å²) in [6.07, 6.45) is 1.49. The Bertz CT molecular complexity index is 899. The average Bonchev–Trinajstić information content (AvgIpc) is 3.21. The summed E-state index contributed by atoms with van der Waals surface area (Å²) in [5.74, 6) is 0.653. The lowest BCUT2D eigenvalue weighted by molar-refractivity contribution is 0.0942. The van der Waals surface area contributed by atoms with E-state index in [1.54, 1.807) is 11.8 Å². The normalized spacial score (nSPS) is 12.1. The summed E-state index contributed by atoms with van der Waals surface area (Å²) in [5, 5.41) is 11.1. The molecule has 0 spiro atoms. The zero-order valence-corrected chi connectivity index (χ0v) is 17.3. The Kier molecular flexibility index (Phi) is 7.08. The minimum atomic E-state index is -0.103. The Morgan fingerprint density at radius 2 is 1.96 bits per heavy atom. The van der Waals surface area contributed by atoms with Crippen LogP contribution in [0.2, 0.25) is 5.02 Å². The molecule has 1 amide bonds. The van der Waals surface area contributed by atoms with Crippen LogP contribution in [0.1, 0.15) is 27.5 Å². The molecule has 2 aromatic carbocycles. The molecule has 0 fully saturated rings. The van der Waals surface area contributed by atoms with Gasteiger partial charge in [-0.1, -0.05) is 53.7 Å². The molecule has 2 N–H and O–H groups in total. The third kappa shape index (κ3) is 5.34. The number of benzene rings is 2. The summed E-state index contributed by atoms with van der Waals surface area (Å²) in [6.45, 7) is 0.471. The second kappa shape index (κ2) is 9.73. The van der Waals surface area contributed by atoms with E-state index in [9.17, 15) is 4.79 Å². The largest absolute Gasteiger partial charge is 0.350 e. The number of rotatable bonds is 8. The predicted molar refractivity (Wildman–Crippen MR) is 113 cm³/mol. The first-order chi connectivity index (χ1) is 13.5. The van der Waals surface area contributed by atoms with Crippen molar-refractivity contribution in [1.82, 2.24) is 25.4 Å². The van der Waals surface area contributed by atoms with Crippen LogP contribution < -0.4 is 5.32 Å².